The lowest BCUT2D eigenvalue weighted by Gasteiger charge is -2.42. The molecule has 10 nitrogen and oxygen atoms in total. The van der Waals surface area contributed by atoms with Crippen molar-refractivity contribution in [3.63, 3.8) is 0 Å². The second kappa shape index (κ2) is 11.0. The van der Waals surface area contributed by atoms with Gasteiger partial charge in [0.25, 0.3) is 0 Å². The minimum Gasteiger partial charge on any atom is -0.370 e. The highest BCUT2D eigenvalue weighted by molar-refractivity contribution is 5.90. The molecule has 0 radical (unpaired) electrons. The summed E-state index contributed by atoms with van der Waals surface area (Å²) in [6.07, 6.45) is 5.78. The maximum atomic E-state index is 6.42. The lowest BCUT2D eigenvalue weighted by atomic mass is 10.1. The van der Waals surface area contributed by atoms with Gasteiger partial charge in [-0.25, -0.2) is 4.98 Å². The fraction of sp³-hybridized carbons (Fsp3) is 0.571. The topological polar surface area (TPSA) is 85.8 Å². The van der Waals surface area contributed by atoms with E-state index < -0.39 is 0 Å². The fourth-order valence-corrected chi connectivity index (χ4v) is 6.00. The number of anilines is 3. The molecule has 5 heterocycles. The number of morpholine rings is 1. The molecule has 3 atom stereocenters. The van der Waals surface area contributed by atoms with Crippen LogP contribution in [0.4, 0.5) is 17.5 Å². The van der Waals surface area contributed by atoms with Crippen LogP contribution >= 0.6 is 0 Å². The van der Waals surface area contributed by atoms with Gasteiger partial charge >= 0.3 is 0 Å². The monoisotopic (exact) mass is 517 g/mol. The number of aromatic nitrogens is 4. The Morgan fingerprint density at radius 3 is 2.47 bits per heavy atom. The summed E-state index contributed by atoms with van der Waals surface area (Å²) in [4.78, 5) is 28.4. The number of hydrogen-bond donors (Lipinski definition) is 1. The Morgan fingerprint density at radius 2 is 1.66 bits per heavy atom. The third kappa shape index (κ3) is 5.39. The van der Waals surface area contributed by atoms with Gasteiger partial charge < -0.3 is 24.8 Å². The van der Waals surface area contributed by atoms with Crippen LogP contribution in [0.2, 0.25) is 0 Å². The largest absolute Gasteiger partial charge is 0.370 e. The van der Waals surface area contributed by atoms with Crippen LogP contribution in [-0.2, 0) is 4.74 Å². The maximum Gasteiger partial charge on any atom is 0.227 e. The number of nitrogens with zero attached hydrogens (tertiary/aromatic N) is 8. The highest BCUT2D eigenvalue weighted by Crippen LogP contribution is 2.29. The lowest BCUT2D eigenvalue weighted by Crippen LogP contribution is -2.54. The number of ether oxygens (including phenoxy) is 1. The van der Waals surface area contributed by atoms with E-state index in [0.717, 1.165) is 99.5 Å². The number of hydrogen-bond acceptors (Lipinski definition) is 10. The Morgan fingerprint density at radius 1 is 0.842 bits per heavy atom. The molecule has 6 rings (SSSR count). The molecule has 0 saturated carbocycles. The molecular formula is C28H39N9O. The molecule has 0 spiro atoms. The van der Waals surface area contributed by atoms with Gasteiger partial charge in [0.15, 0.2) is 0 Å². The van der Waals surface area contributed by atoms with Crippen molar-refractivity contribution in [3.8, 4) is 0 Å². The number of nitrogens with one attached hydrogen (secondary N) is 1. The molecule has 3 saturated heterocycles. The average molecular weight is 518 g/mol. The van der Waals surface area contributed by atoms with Crippen molar-refractivity contribution in [2.45, 2.75) is 39.0 Å². The van der Waals surface area contributed by atoms with Crippen molar-refractivity contribution in [3.05, 3.63) is 42.4 Å². The van der Waals surface area contributed by atoms with Gasteiger partial charge in [-0.05, 0) is 38.5 Å². The molecule has 3 fully saturated rings. The normalized spacial score (nSPS) is 25.2. The quantitative estimate of drug-likeness (QED) is 0.542. The van der Waals surface area contributed by atoms with Crippen LogP contribution in [0.5, 0.6) is 0 Å². The summed E-state index contributed by atoms with van der Waals surface area (Å²) in [5.74, 6) is 1.87. The van der Waals surface area contributed by atoms with E-state index in [1.165, 1.54) is 0 Å². The Bertz CT molecular complexity index is 1250. The predicted octanol–water partition coefficient (Wildman–Crippen LogP) is 1.94. The highest BCUT2D eigenvalue weighted by Gasteiger charge is 2.30. The summed E-state index contributed by atoms with van der Waals surface area (Å²) < 4.78 is 6.42. The van der Waals surface area contributed by atoms with Crippen molar-refractivity contribution in [1.29, 1.82) is 0 Å². The Labute approximate surface area is 225 Å². The van der Waals surface area contributed by atoms with Gasteiger partial charge in [0.2, 0.25) is 5.95 Å². The van der Waals surface area contributed by atoms with E-state index in [9.17, 15) is 0 Å². The first-order chi connectivity index (χ1) is 18.5. The number of aryl methyl sites for hydroxylation is 1. The zero-order valence-corrected chi connectivity index (χ0v) is 22.8. The zero-order valence-electron chi connectivity index (χ0n) is 22.8. The second-order valence-electron chi connectivity index (χ2n) is 10.9. The van der Waals surface area contributed by atoms with Crippen LogP contribution in [0.3, 0.4) is 0 Å². The van der Waals surface area contributed by atoms with Gasteiger partial charge in [0, 0.05) is 90.1 Å². The summed E-state index contributed by atoms with van der Waals surface area (Å²) >= 11 is 0. The zero-order chi connectivity index (χ0) is 26.1. The van der Waals surface area contributed by atoms with E-state index in [-0.39, 0.29) is 12.2 Å². The molecule has 38 heavy (non-hydrogen) atoms. The van der Waals surface area contributed by atoms with Crippen molar-refractivity contribution >= 4 is 28.5 Å². The summed E-state index contributed by atoms with van der Waals surface area (Å²) in [5.41, 5.74) is 4.28. The van der Waals surface area contributed by atoms with E-state index in [0.29, 0.717) is 6.04 Å². The fourth-order valence-electron chi connectivity index (χ4n) is 6.00. The molecule has 10 heteroatoms. The summed E-state index contributed by atoms with van der Waals surface area (Å²) in [7, 11) is 0. The van der Waals surface area contributed by atoms with Crippen molar-refractivity contribution < 1.29 is 4.74 Å². The second-order valence-corrected chi connectivity index (χ2v) is 10.9. The van der Waals surface area contributed by atoms with Crippen LogP contribution in [-0.4, -0.2) is 109 Å². The summed E-state index contributed by atoms with van der Waals surface area (Å²) in [6.45, 7) is 15.9. The van der Waals surface area contributed by atoms with Gasteiger partial charge in [-0.2, -0.15) is 4.98 Å². The molecule has 3 aliphatic heterocycles. The molecule has 0 bridgehead atoms. The van der Waals surface area contributed by atoms with Crippen molar-refractivity contribution in [2.75, 3.05) is 80.1 Å². The number of fused-ring (bicyclic) bond motifs is 1. The van der Waals surface area contributed by atoms with E-state index in [1.54, 1.807) is 12.4 Å². The first-order valence-corrected chi connectivity index (χ1v) is 13.9. The minimum atomic E-state index is 0.152. The third-order valence-electron chi connectivity index (χ3n) is 7.91. The molecule has 2 unspecified atom stereocenters. The maximum absolute atomic E-state index is 6.42. The first-order valence-electron chi connectivity index (χ1n) is 13.9. The third-order valence-corrected chi connectivity index (χ3v) is 7.91. The molecule has 202 valence electrons. The Balaban J connectivity index is 1.08. The Kier molecular flexibility index (Phi) is 7.27. The molecule has 0 amide bonds. The van der Waals surface area contributed by atoms with E-state index in [4.69, 9.17) is 9.72 Å². The smallest absolute Gasteiger partial charge is 0.227 e. The number of rotatable bonds is 5. The van der Waals surface area contributed by atoms with Gasteiger partial charge in [-0.1, -0.05) is 6.07 Å². The number of piperazine rings is 2. The molecule has 3 aliphatic rings. The predicted molar refractivity (Wildman–Crippen MR) is 151 cm³/mol. The summed E-state index contributed by atoms with van der Waals surface area (Å²) in [6, 6.07) is 6.85. The van der Waals surface area contributed by atoms with Crippen LogP contribution < -0.4 is 20.0 Å². The standard InChI is InChI=1S/C28H39N9O/c1-20-4-5-24(27-26(20)30-8-9-31-27)37-17-22(3)38-23(19-37)18-34-12-14-35(15-13-34)25-6-7-32-28(33-25)36-11-10-29-21(2)16-36/h4-9,21-23,29H,10-19H2,1-3H3/t21-,22?,23?/m0/s1. The first kappa shape index (κ1) is 25.2. The van der Waals surface area contributed by atoms with Crippen LogP contribution in [0, 0.1) is 6.92 Å². The SMILES string of the molecule is Cc1ccc(N2CC(C)OC(CN3CCN(c4ccnc(N5CCN[C@@H](C)C5)n4)CC3)C2)c2nccnc12. The van der Waals surface area contributed by atoms with Gasteiger partial charge in [-0.15, -0.1) is 0 Å². The molecule has 3 aromatic rings. The molecule has 0 aliphatic carbocycles. The molecule has 2 aromatic heterocycles. The van der Waals surface area contributed by atoms with Crippen LogP contribution in [0.1, 0.15) is 19.4 Å². The van der Waals surface area contributed by atoms with Crippen LogP contribution in [0.25, 0.3) is 11.0 Å². The highest BCUT2D eigenvalue weighted by atomic mass is 16.5. The molecule has 1 N–H and O–H groups in total. The van der Waals surface area contributed by atoms with Gasteiger partial charge in [-0.3, -0.25) is 14.9 Å². The van der Waals surface area contributed by atoms with Crippen molar-refractivity contribution in [1.82, 2.24) is 30.2 Å². The average Bonchev–Trinajstić information content (AvgIpc) is 2.94. The van der Waals surface area contributed by atoms with E-state index in [2.05, 4.69) is 72.8 Å². The summed E-state index contributed by atoms with van der Waals surface area (Å²) in [5, 5.41) is 3.49. The molecule has 1 aromatic carbocycles. The van der Waals surface area contributed by atoms with Crippen LogP contribution in [0.15, 0.2) is 36.8 Å². The molecular weight excluding hydrogens is 478 g/mol. The van der Waals surface area contributed by atoms with Gasteiger partial charge in [0.1, 0.15) is 11.3 Å². The number of benzene rings is 1. The lowest BCUT2D eigenvalue weighted by molar-refractivity contribution is -0.0327. The minimum absolute atomic E-state index is 0.152. The van der Waals surface area contributed by atoms with Crippen molar-refractivity contribution in [2.24, 2.45) is 0 Å². The van der Waals surface area contributed by atoms with E-state index in [1.807, 2.05) is 12.3 Å². The van der Waals surface area contributed by atoms with Gasteiger partial charge in [0.05, 0.1) is 23.4 Å². The van der Waals surface area contributed by atoms with E-state index >= 15 is 0 Å². The Hall–Kier alpha value is -3.08.